The number of fused-ring (bicyclic) bond motifs is 7. The molecular weight excluding hydrogens is 775 g/mol. The van der Waals surface area contributed by atoms with Crippen LogP contribution in [0, 0.1) is 0 Å². The molecule has 0 unspecified atom stereocenters. The second-order valence-electron chi connectivity index (χ2n) is 15.4. The molecule has 0 N–H and O–H groups in total. The lowest BCUT2D eigenvalue weighted by Gasteiger charge is -2.15. The van der Waals surface area contributed by atoms with Crippen molar-refractivity contribution < 1.29 is 0 Å². The summed E-state index contributed by atoms with van der Waals surface area (Å²) in [6, 6.07) is 72.2. The Labute approximate surface area is 361 Å². The molecule has 0 aliphatic carbocycles. The van der Waals surface area contributed by atoms with Crippen LogP contribution < -0.4 is 0 Å². The molecule has 0 radical (unpaired) electrons. The second-order valence-corrected chi connectivity index (χ2v) is 16.4. The van der Waals surface area contributed by atoms with Crippen molar-refractivity contribution >= 4 is 53.3 Å². The number of benzene rings is 8. The van der Waals surface area contributed by atoms with Gasteiger partial charge in [-0.1, -0.05) is 170 Å². The van der Waals surface area contributed by atoms with Gasteiger partial charge in [0.15, 0.2) is 17.5 Å². The SMILES string of the molecule is c1ccc(-c2nc(-c3ccccc3)nc(-c3cc(-c4ccccc4-c4ccccc4)cnc3-c3cccc4sc5c(ccc6c5c5ccccc5n6-c5ccccc5)c34)n2)cc1. The van der Waals surface area contributed by atoms with Gasteiger partial charge in [0.25, 0.3) is 0 Å². The standard InChI is InChI=1S/C56H35N5S/c1-5-18-36(19-6-1)41-26-13-14-27-42(41)39-34-46(56-59-54(37-20-7-2-8-21-37)58-55(60-56)38-22-9-3-10-23-38)52(57-35-39)44-29-17-31-49-50(44)45-32-33-48-51(53(45)62-49)43-28-15-16-30-47(43)61(48)40-24-11-4-12-25-40/h1-35H. The molecule has 0 bridgehead atoms. The lowest BCUT2D eigenvalue weighted by Crippen LogP contribution is -2.02. The predicted molar refractivity (Wildman–Crippen MR) is 257 cm³/mol. The average Bonchev–Trinajstić information content (AvgIpc) is 3.91. The lowest BCUT2D eigenvalue weighted by atomic mass is 9.93. The van der Waals surface area contributed by atoms with Gasteiger partial charge in [-0.25, -0.2) is 15.0 Å². The van der Waals surface area contributed by atoms with Gasteiger partial charge in [-0.2, -0.15) is 0 Å². The Morgan fingerprint density at radius 1 is 0.371 bits per heavy atom. The largest absolute Gasteiger partial charge is 0.309 e. The van der Waals surface area contributed by atoms with Crippen LogP contribution in [0.2, 0.25) is 0 Å². The zero-order valence-corrected chi connectivity index (χ0v) is 34.2. The summed E-state index contributed by atoms with van der Waals surface area (Å²) in [5.41, 5.74) is 12.3. The number of hydrogen-bond donors (Lipinski definition) is 0. The van der Waals surface area contributed by atoms with Crippen LogP contribution in [0.15, 0.2) is 212 Å². The summed E-state index contributed by atoms with van der Waals surface area (Å²) in [6.45, 7) is 0. The Balaban J connectivity index is 1.14. The molecule has 4 heterocycles. The van der Waals surface area contributed by atoms with Crippen LogP contribution in [0.1, 0.15) is 0 Å². The molecule has 5 nitrogen and oxygen atoms in total. The molecule has 290 valence electrons. The van der Waals surface area contributed by atoms with Gasteiger partial charge >= 0.3 is 0 Å². The smallest absolute Gasteiger partial charge is 0.166 e. The Bertz CT molecular complexity index is 3560. The van der Waals surface area contributed by atoms with Crippen molar-refractivity contribution in [2.75, 3.05) is 0 Å². The predicted octanol–water partition coefficient (Wildman–Crippen LogP) is 14.7. The highest BCUT2D eigenvalue weighted by Gasteiger charge is 2.23. The molecule has 4 aromatic heterocycles. The summed E-state index contributed by atoms with van der Waals surface area (Å²) in [4.78, 5) is 21.0. The fraction of sp³-hybridized carbons (Fsp3) is 0. The Kier molecular flexibility index (Phi) is 8.61. The molecular formula is C56H35N5S. The molecule has 0 aliphatic heterocycles. The van der Waals surface area contributed by atoms with E-state index in [-0.39, 0.29) is 0 Å². The topological polar surface area (TPSA) is 56.5 Å². The maximum Gasteiger partial charge on any atom is 0.166 e. The molecule has 0 aliphatic rings. The number of para-hydroxylation sites is 2. The van der Waals surface area contributed by atoms with Crippen LogP contribution >= 0.6 is 11.3 Å². The van der Waals surface area contributed by atoms with E-state index >= 15 is 0 Å². The first-order valence-electron chi connectivity index (χ1n) is 20.7. The highest BCUT2D eigenvalue weighted by Crippen LogP contribution is 2.47. The number of nitrogens with zero attached hydrogens (tertiary/aromatic N) is 5. The molecule has 62 heavy (non-hydrogen) atoms. The van der Waals surface area contributed by atoms with Crippen molar-refractivity contribution in [3.63, 3.8) is 0 Å². The van der Waals surface area contributed by atoms with E-state index in [4.69, 9.17) is 19.9 Å². The van der Waals surface area contributed by atoms with E-state index in [2.05, 4.69) is 150 Å². The van der Waals surface area contributed by atoms with Gasteiger partial charge < -0.3 is 4.57 Å². The molecule has 12 aromatic rings. The zero-order chi connectivity index (χ0) is 41.0. The van der Waals surface area contributed by atoms with E-state index in [9.17, 15) is 0 Å². The van der Waals surface area contributed by atoms with E-state index < -0.39 is 0 Å². The second kappa shape index (κ2) is 14.9. The van der Waals surface area contributed by atoms with E-state index in [0.717, 1.165) is 61.3 Å². The Morgan fingerprint density at radius 2 is 0.935 bits per heavy atom. The Morgan fingerprint density at radius 3 is 1.63 bits per heavy atom. The highest BCUT2D eigenvalue weighted by molar-refractivity contribution is 7.27. The molecule has 0 spiro atoms. The number of pyridine rings is 1. The summed E-state index contributed by atoms with van der Waals surface area (Å²) in [5, 5.41) is 4.85. The van der Waals surface area contributed by atoms with Crippen LogP contribution in [-0.2, 0) is 0 Å². The van der Waals surface area contributed by atoms with Crippen molar-refractivity contribution in [1.82, 2.24) is 24.5 Å². The van der Waals surface area contributed by atoms with Gasteiger partial charge in [0, 0.05) is 70.6 Å². The first kappa shape index (κ1) is 35.8. The molecule has 8 aromatic carbocycles. The number of rotatable bonds is 7. The van der Waals surface area contributed by atoms with Crippen LogP contribution in [-0.4, -0.2) is 24.5 Å². The van der Waals surface area contributed by atoms with Crippen molar-refractivity contribution in [1.29, 1.82) is 0 Å². The third kappa shape index (κ3) is 5.99. The summed E-state index contributed by atoms with van der Waals surface area (Å²) in [6.07, 6.45) is 2.01. The number of thiophene rings is 1. The van der Waals surface area contributed by atoms with Gasteiger partial charge in [0.2, 0.25) is 0 Å². The fourth-order valence-electron chi connectivity index (χ4n) is 8.92. The fourth-order valence-corrected chi connectivity index (χ4v) is 10.2. The number of aromatic nitrogens is 5. The minimum absolute atomic E-state index is 0.559. The Hall–Kier alpha value is -8.06. The summed E-state index contributed by atoms with van der Waals surface area (Å²) < 4.78 is 4.83. The monoisotopic (exact) mass is 809 g/mol. The van der Waals surface area contributed by atoms with Crippen LogP contribution in [0.4, 0.5) is 0 Å². The third-order valence-electron chi connectivity index (χ3n) is 11.7. The van der Waals surface area contributed by atoms with Gasteiger partial charge in [0.05, 0.1) is 16.7 Å². The molecule has 6 heteroatoms. The zero-order valence-electron chi connectivity index (χ0n) is 33.4. The van der Waals surface area contributed by atoms with Crippen molar-refractivity contribution in [2.45, 2.75) is 0 Å². The summed E-state index contributed by atoms with van der Waals surface area (Å²) >= 11 is 1.84. The molecule has 0 saturated carbocycles. The van der Waals surface area contributed by atoms with Crippen LogP contribution in [0.25, 0.3) is 115 Å². The highest BCUT2D eigenvalue weighted by atomic mass is 32.1. The van der Waals surface area contributed by atoms with E-state index in [0.29, 0.717) is 17.5 Å². The molecule has 0 amide bonds. The van der Waals surface area contributed by atoms with Gasteiger partial charge in [-0.05, 0) is 53.1 Å². The van der Waals surface area contributed by atoms with Crippen LogP contribution in [0.3, 0.4) is 0 Å². The van der Waals surface area contributed by atoms with E-state index in [1.165, 1.54) is 36.6 Å². The molecule has 0 saturated heterocycles. The van der Waals surface area contributed by atoms with Crippen molar-refractivity contribution in [2.24, 2.45) is 0 Å². The van der Waals surface area contributed by atoms with Crippen molar-refractivity contribution in [3.05, 3.63) is 212 Å². The van der Waals surface area contributed by atoms with Gasteiger partial charge in [-0.3, -0.25) is 4.98 Å². The average molecular weight is 810 g/mol. The normalized spacial score (nSPS) is 11.5. The van der Waals surface area contributed by atoms with Gasteiger partial charge in [0.1, 0.15) is 0 Å². The molecule has 0 atom stereocenters. The first-order valence-corrected chi connectivity index (χ1v) is 21.5. The van der Waals surface area contributed by atoms with Crippen LogP contribution in [0.5, 0.6) is 0 Å². The summed E-state index contributed by atoms with van der Waals surface area (Å²) in [5.74, 6) is 1.77. The first-order chi connectivity index (χ1) is 30.8. The third-order valence-corrected chi connectivity index (χ3v) is 12.9. The minimum atomic E-state index is 0.559. The lowest BCUT2D eigenvalue weighted by molar-refractivity contribution is 1.07. The van der Waals surface area contributed by atoms with E-state index in [1.807, 2.05) is 78.2 Å². The maximum atomic E-state index is 5.43. The molecule has 12 rings (SSSR count). The summed E-state index contributed by atoms with van der Waals surface area (Å²) in [7, 11) is 0. The van der Waals surface area contributed by atoms with Crippen molar-refractivity contribution in [3.8, 4) is 73.4 Å². The maximum absolute atomic E-state index is 5.43. The van der Waals surface area contributed by atoms with E-state index in [1.54, 1.807) is 0 Å². The number of hydrogen-bond acceptors (Lipinski definition) is 5. The quantitative estimate of drug-likeness (QED) is 0.161. The minimum Gasteiger partial charge on any atom is -0.309 e. The molecule has 0 fully saturated rings. The van der Waals surface area contributed by atoms with Gasteiger partial charge in [-0.15, -0.1) is 11.3 Å².